The molecule has 0 bridgehead atoms. The van der Waals surface area contributed by atoms with E-state index in [0.717, 1.165) is 0 Å². The number of hydrogen-bond acceptors (Lipinski definition) is 7. The van der Waals surface area contributed by atoms with Gasteiger partial charge >= 0.3 is 0 Å². The summed E-state index contributed by atoms with van der Waals surface area (Å²) in [6.07, 6.45) is 0.709. The molecular formula is C18H19Br2N3O6S. The van der Waals surface area contributed by atoms with Gasteiger partial charge in [-0.15, -0.1) is 0 Å². The molecule has 2 aromatic carbocycles. The molecule has 3 N–H and O–H groups in total. The number of phenols is 1. The number of amides is 1. The summed E-state index contributed by atoms with van der Waals surface area (Å²) in [6.45, 7) is 3.93. The number of carbonyl (C=O) groups is 1. The molecule has 0 saturated heterocycles. The van der Waals surface area contributed by atoms with Crippen LogP contribution in [-0.2, 0) is 14.8 Å². The van der Waals surface area contributed by atoms with E-state index in [0.29, 0.717) is 26.6 Å². The van der Waals surface area contributed by atoms with Gasteiger partial charge in [0, 0.05) is 24.8 Å². The van der Waals surface area contributed by atoms with Gasteiger partial charge in [0.25, 0.3) is 5.91 Å². The molecule has 2 rings (SSSR count). The van der Waals surface area contributed by atoms with E-state index in [4.69, 9.17) is 9.94 Å². The minimum Gasteiger partial charge on any atom is -0.507 e. The van der Waals surface area contributed by atoms with E-state index in [9.17, 15) is 18.3 Å². The van der Waals surface area contributed by atoms with Crippen molar-refractivity contribution >= 4 is 59.7 Å². The SMILES string of the molecule is CCN(CC)S(=O)(=O)c1cc(Oc2c(Br)cc(NC(=O)/C=N/O)cc2Br)ccc1O. The molecule has 0 heterocycles. The van der Waals surface area contributed by atoms with Gasteiger partial charge in [0.1, 0.15) is 22.6 Å². The molecule has 0 unspecified atom stereocenters. The third-order valence-corrected chi connectivity index (χ3v) is 7.17. The fourth-order valence-electron chi connectivity index (χ4n) is 2.54. The summed E-state index contributed by atoms with van der Waals surface area (Å²) < 4.78 is 33.5. The Kier molecular flexibility index (Phi) is 8.24. The number of aromatic hydroxyl groups is 1. The van der Waals surface area contributed by atoms with E-state index in [-0.39, 0.29) is 29.5 Å². The Morgan fingerprint density at radius 3 is 2.33 bits per heavy atom. The Balaban J connectivity index is 2.38. The van der Waals surface area contributed by atoms with Crippen molar-refractivity contribution in [3.05, 3.63) is 39.3 Å². The molecule has 30 heavy (non-hydrogen) atoms. The summed E-state index contributed by atoms with van der Waals surface area (Å²) in [5.41, 5.74) is 0.390. The predicted octanol–water partition coefficient (Wildman–Crippen LogP) is 4.14. The van der Waals surface area contributed by atoms with Crippen LogP contribution >= 0.6 is 31.9 Å². The lowest BCUT2D eigenvalue weighted by Crippen LogP contribution is -2.30. The molecule has 0 aromatic heterocycles. The van der Waals surface area contributed by atoms with Crippen LogP contribution in [0.25, 0.3) is 0 Å². The lowest BCUT2D eigenvalue weighted by molar-refractivity contribution is -0.110. The second-order valence-electron chi connectivity index (χ2n) is 5.82. The summed E-state index contributed by atoms with van der Waals surface area (Å²) >= 11 is 6.67. The van der Waals surface area contributed by atoms with Crippen LogP contribution in [0.5, 0.6) is 17.2 Å². The number of hydrogen-bond donors (Lipinski definition) is 3. The molecule has 9 nitrogen and oxygen atoms in total. The maximum atomic E-state index is 12.8. The molecule has 12 heteroatoms. The zero-order valence-corrected chi connectivity index (χ0v) is 20.0. The third kappa shape index (κ3) is 5.50. The van der Waals surface area contributed by atoms with Crippen LogP contribution in [0, 0.1) is 0 Å². The zero-order valence-electron chi connectivity index (χ0n) is 16.0. The topological polar surface area (TPSA) is 129 Å². The molecule has 162 valence electrons. The number of halogens is 2. The van der Waals surface area contributed by atoms with Crippen molar-refractivity contribution in [1.82, 2.24) is 4.31 Å². The number of nitrogens with zero attached hydrogens (tertiary/aromatic N) is 2. The molecule has 0 aliphatic carbocycles. The summed E-state index contributed by atoms with van der Waals surface area (Å²) in [4.78, 5) is 11.3. The molecular weight excluding hydrogens is 546 g/mol. The lowest BCUT2D eigenvalue weighted by Gasteiger charge is -2.20. The molecule has 0 radical (unpaired) electrons. The first-order valence-electron chi connectivity index (χ1n) is 8.62. The average molecular weight is 565 g/mol. The molecule has 0 aliphatic rings. The van der Waals surface area contributed by atoms with Crippen LogP contribution in [0.1, 0.15) is 13.8 Å². The van der Waals surface area contributed by atoms with E-state index >= 15 is 0 Å². The van der Waals surface area contributed by atoms with Gasteiger partial charge in [0.05, 0.1) is 8.95 Å². The normalized spacial score (nSPS) is 11.8. The fourth-order valence-corrected chi connectivity index (χ4v) is 5.45. The summed E-state index contributed by atoms with van der Waals surface area (Å²) in [6, 6.07) is 7.03. The van der Waals surface area contributed by atoms with Gasteiger partial charge in [0.15, 0.2) is 5.75 Å². The van der Waals surface area contributed by atoms with E-state index in [1.807, 2.05) is 0 Å². The van der Waals surface area contributed by atoms with Crippen LogP contribution in [-0.4, -0.2) is 48.2 Å². The van der Waals surface area contributed by atoms with Crippen molar-refractivity contribution in [3.8, 4) is 17.2 Å². The second kappa shape index (κ2) is 10.2. The van der Waals surface area contributed by atoms with E-state index < -0.39 is 15.9 Å². The monoisotopic (exact) mass is 563 g/mol. The minimum absolute atomic E-state index is 0.184. The van der Waals surface area contributed by atoms with Crippen molar-refractivity contribution < 1.29 is 28.3 Å². The minimum atomic E-state index is -3.89. The van der Waals surface area contributed by atoms with Gasteiger partial charge in [-0.05, 0) is 56.1 Å². The lowest BCUT2D eigenvalue weighted by atomic mass is 10.3. The average Bonchev–Trinajstić information content (AvgIpc) is 2.66. The standard InChI is InChI=1S/C18H19Br2N3O6S/c1-3-23(4-2)30(27,28)16-9-12(5-6-15(16)24)29-18-13(19)7-11(8-14(18)20)22-17(25)10-21-26/h5-10,24,26H,3-4H2,1-2H3,(H,22,25)/b21-10+. The number of nitrogens with one attached hydrogen (secondary N) is 1. The van der Waals surface area contributed by atoms with E-state index in [1.54, 1.807) is 26.0 Å². The number of ether oxygens (including phenoxy) is 1. The summed E-state index contributed by atoms with van der Waals surface area (Å²) in [5, 5.41) is 23.7. The Labute approximate surface area is 190 Å². The van der Waals surface area contributed by atoms with Gasteiger partial charge in [0.2, 0.25) is 10.0 Å². The quantitative estimate of drug-likeness (QED) is 0.251. The van der Waals surface area contributed by atoms with Crippen molar-refractivity contribution in [3.63, 3.8) is 0 Å². The number of carbonyl (C=O) groups excluding carboxylic acids is 1. The highest BCUT2D eigenvalue weighted by Gasteiger charge is 2.26. The largest absolute Gasteiger partial charge is 0.507 e. The van der Waals surface area contributed by atoms with Crippen LogP contribution in [0.15, 0.2) is 49.3 Å². The Morgan fingerprint density at radius 1 is 1.20 bits per heavy atom. The van der Waals surface area contributed by atoms with Crippen LogP contribution in [0.4, 0.5) is 5.69 Å². The van der Waals surface area contributed by atoms with Crippen LogP contribution in [0.2, 0.25) is 0 Å². The molecule has 0 saturated carbocycles. The zero-order chi connectivity index (χ0) is 22.5. The van der Waals surface area contributed by atoms with Crippen molar-refractivity contribution in [2.45, 2.75) is 18.7 Å². The summed E-state index contributed by atoms with van der Waals surface area (Å²) in [7, 11) is -3.89. The highest BCUT2D eigenvalue weighted by atomic mass is 79.9. The molecule has 0 spiro atoms. The maximum absolute atomic E-state index is 12.8. The van der Waals surface area contributed by atoms with Crippen LogP contribution < -0.4 is 10.1 Å². The molecule has 0 aliphatic heterocycles. The molecule has 1 amide bonds. The number of oxime groups is 1. The first kappa shape index (κ1) is 24.1. The second-order valence-corrected chi connectivity index (χ2v) is 9.44. The third-order valence-electron chi connectivity index (χ3n) is 3.92. The smallest absolute Gasteiger partial charge is 0.270 e. The number of anilines is 1. The number of rotatable bonds is 8. The van der Waals surface area contributed by atoms with Crippen LogP contribution in [0.3, 0.4) is 0 Å². The highest BCUT2D eigenvalue weighted by Crippen LogP contribution is 2.40. The van der Waals surface area contributed by atoms with Gasteiger partial charge in [-0.3, -0.25) is 4.79 Å². The van der Waals surface area contributed by atoms with E-state index in [1.165, 1.54) is 22.5 Å². The number of sulfonamides is 1. The van der Waals surface area contributed by atoms with Gasteiger partial charge < -0.3 is 20.4 Å². The molecule has 0 fully saturated rings. The number of benzene rings is 2. The predicted molar refractivity (Wildman–Crippen MR) is 119 cm³/mol. The van der Waals surface area contributed by atoms with E-state index in [2.05, 4.69) is 42.3 Å². The first-order valence-corrected chi connectivity index (χ1v) is 11.6. The highest BCUT2D eigenvalue weighted by molar-refractivity contribution is 9.11. The number of phenolic OH excluding ortho intramolecular Hbond substituents is 1. The van der Waals surface area contributed by atoms with Crippen molar-refractivity contribution in [2.24, 2.45) is 5.16 Å². The molecule has 2 aromatic rings. The van der Waals surface area contributed by atoms with Gasteiger partial charge in [-0.25, -0.2) is 8.42 Å². The fraction of sp³-hybridized carbons (Fsp3) is 0.222. The Morgan fingerprint density at radius 2 is 1.80 bits per heavy atom. The van der Waals surface area contributed by atoms with Gasteiger partial charge in [-0.2, -0.15) is 4.31 Å². The summed E-state index contributed by atoms with van der Waals surface area (Å²) in [5.74, 6) is -0.504. The van der Waals surface area contributed by atoms with Crippen molar-refractivity contribution in [2.75, 3.05) is 18.4 Å². The Bertz CT molecular complexity index is 1050. The molecule has 0 atom stereocenters. The van der Waals surface area contributed by atoms with Crippen molar-refractivity contribution in [1.29, 1.82) is 0 Å². The Hall–Kier alpha value is -2.15. The maximum Gasteiger partial charge on any atom is 0.270 e. The first-order chi connectivity index (χ1) is 14.1. The van der Waals surface area contributed by atoms with Gasteiger partial charge in [-0.1, -0.05) is 19.0 Å².